The van der Waals surface area contributed by atoms with Crippen molar-refractivity contribution in [2.45, 2.75) is 12.5 Å². The molecule has 1 unspecified atom stereocenters. The molecule has 3 nitrogen and oxygen atoms in total. The zero-order valence-corrected chi connectivity index (χ0v) is 10.5. The Hall–Kier alpha value is -0.580. The minimum atomic E-state index is 0.176. The van der Waals surface area contributed by atoms with Crippen molar-refractivity contribution in [3.8, 4) is 5.75 Å². The Balaban J connectivity index is 2.89. The van der Waals surface area contributed by atoms with Crippen molar-refractivity contribution in [1.82, 2.24) is 5.32 Å². The smallest absolute Gasteiger partial charge is 0.133 e. The van der Waals surface area contributed by atoms with Gasteiger partial charge in [-0.05, 0) is 47.1 Å². The van der Waals surface area contributed by atoms with E-state index < -0.39 is 0 Å². The molecule has 0 fully saturated rings. The zero-order chi connectivity index (χ0) is 11.3. The lowest BCUT2D eigenvalue weighted by Gasteiger charge is -2.16. The van der Waals surface area contributed by atoms with Gasteiger partial charge in [0.2, 0.25) is 0 Å². The monoisotopic (exact) mass is 273 g/mol. The van der Waals surface area contributed by atoms with E-state index in [1.54, 1.807) is 7.11 Å². The first-order valence-corrected chi connectivity index (χ1v) is 5.63. The summed E-state index contributed by atoms with van der Waals surface area (Å²) >= 11 is 3.44. The van der Waals surface area contributed by atoms with E-state index in [0.717, 1.165) is 15.8 Å². The van der Waals surface area contributed by atoms with Crippen molar-refractivity contribution >= 4 is 15.9 Å². The van der Waals surface area contributed by atoms with Crippen LogP contribution in [0.15, 0.2) is 22.7 Å². The van der Waals surface area contributed by atoms with Gasteiger partial charge in [-0.3, -0.25) is 0 Å². The van der Waals surface area contributed by atoms with Crippen LogP contribution in [0.5, 0.6) is 5.75 Å². The van der Waals surface area contributed by atoms with Crippen LogP contribution in [0.3, 0.4) is 0 Å². The molecule has 0 aliphatic rings. The average Bonchev–Trinajstić information content (AvgIpc) is 2.25. The van der Waals surface area contributed by atoms with E-state index in [2.05, 4.69) is 21.2 Å². The zero-order valence-electron chi connectivity index (χ0n) is 8.96. The first kappa shape index (κ1) is 12.5. The predicted molar refractivity (Wildman–Crippen MR) is 64.2 cm³/mol. The maximum atomic E-state index is 8.92. The van der Waals surface area contributed by atoms with Crippen LogP contribution in [0.25, 0.3) is 0 Å². The molecule has 0 aliphatic heterocycles. The molecule has 1 aromatic rings. The fraction of sp³-hybridized carbons (Fsp3) is 0.455. The second-order valence-electron chi connectivity index (χ2n) is 3.25. The van der Waals surface area contributed by atoms with Crippen molar-refractivity contribution < 1.29 is 9.84 Å². The van der Waals surface area contributed by atoms with Crippen molar-refractivity contribution in [2.24, 2.45) is 0 Å². The highest BCUT2D eigenvalue weighted by molar-refractivity contribution is 9.10. The number of aliphatic hydroxyl groups is 1. The molecule has 0 heterocycles. The average molecular weight is 274 g/mol. The molecule has 0 saturated carbocycles. The van der Waals surface area contributed by atoms with Gasteiger partial charge in [-0.15, -0.1) is 0 Å². The second kappa shape index (κ2) is 6.10. The molecule has 0 spiro atoms. The van der Waals surface area contributed by atoms with Crippen LogP contribution >= 0.6 is 15.9 Å². The van der Waals surface area contributed by atoms with E-state index in [1.807, 2.05) is 25.2 Å². The number of benzene rings is 1. The SMILES string of the molecule is CNC(CCO)c1ccc(OC)c(Br)c1. The van der Waals surface area contributed by atoms with Gasteiger partial charge < -0.3 is 15.2 Å². The van der Waals surface area contributed by atoms with Gasteiger partial charge in [-0.1, -0.05) is 6.07 Å². The van der Waals surface area contributed by atoms with Crippen molar-refractivity contribution in [3.63, 3.8) is 0 Å². The van der Waals surface area contributed by atoms with Gasteiger partial charge in [0.1, 0.15) is 5.75 Å². The first-order chi connectivity index (χ1) is 7.22. The Morgan fingerprint density at radius 3 is 2.73 bits per heavy atom. The highest BCUT2D eigenvalue weighted by Gasteiger charge is 2.10. The molecule has 4 heteroatoms. The summed E-state index contributed by atoms with van der Waals surface area (Å²) in [5.41, 5.74) is 1.14. The van der Waals surface area contributed by atoms with E-state index in [0.29, 0.717) is 6.42 Å². The standard InChI is InChI=1S/C11H16BrNO2/c1-13-10(5-6-14)8-3-4-11(15-2)9(12)7-8/h3-4,7,10,13-14H,5-6H2,1-2H3. The van der Waals surface area contributed by atoms with E-state index in [1.165, 1.54) is 0 Å². The second-order valence-corrected chi connectivity index (χ2v) is 4.10. The van der Waals surface area contributed by atoms with Gasteiger partial charge in [-0.25, -0.2) is 0 Å². The lowest BCUT2D eigenvalue weighted by molar-refractivity contribution is 0.268. The van der Waals surface area contributed by atoms with Crippen LogP contribution in [0.1, 0.15) is 18.0 Å². The molecule has 0 radical (unpaired) electrons. The molecule has 0 aromatic heterocycles. The molecule has 0 amide bonds. The molecule has 0 saturated heterocycles. The Labute approximate surface area is 98.6 Å². The quantitative estimate of drug-likeness (QED) is 0.864. The van der Waals surface area contributed by atoms with E-state index >= 15 is 0 Å². The summed E-state index contributed by atoms with van der Waals surface area (Å²) < 4.78 is 6.09. The fourth-order valence-corrected chi connectivity index (χ4v) is 2.06. The summed E-state index contributed by atoms with van der Waals surface area (Å²) in [7, 11) is 3.53. The summed E-state index contributed by atoms with van der Waals surface area (Å²) in [5.74, 6) is 0.817. The summed E-state index contributed by atoms with van der Waals surface area (Å²) in [4.78, 5) is 0. The normalized spacial score (nSPS) is 12.5. The number of aliphatic hydroxyl groups excluding tert-OH is 1. The lowest BCUT2D eigenvalue weighted by Crippen LogP contribution is -2.17. The summed E-state index contributed by atoms with van der Waals surface area (Å²) in [6.45, 7) is 0.176. The number of hydrogen-bond acceptors (Lipinski definition) is 3. The number of nitrogens with one attached hydrogen (secondary N) is 1. The highest BCUT2D eigenvalue weighted by Crippen LogP contribution is 2.28. The Kier molecular flexibility index (Phi) is 5.08. The molecule has 84 valence electrons. The molecule has 2 N–H and O–H groups in total. The maximum Gasteiger partial charge on any atom is 0.133 e. The number of methoxy groups -OCH3 is 1. The molecule has 1 atom stereocenters. The Morgan fingerprint density at radius 1 is 1.53 bits per heavy atom. The maximum absolute atomic E-state index is 8.92. The van der Waals surface area contributed by atoms with E-state index in [9.17, 15) is 0 Å². The van der Waals surface area contributed by atoms with Gasteiger partial charge in [0.25, 0.3) is 0 Å². The van der Waals surface area contributed by atoms with Gasteiger partial charge >= 0.3 is 0 Å². The molecule has 1 aromatic carbocycles. The van der Waals surface area contributed by atoms with E-state index in [4.69, 9.17) is 9.84 Å². The van der Waals surface area contributed by atoms with Crippen LogP contribution in [-0.4, -0.2) is 25.9 Å². The molecular formula is C11H16BrNO2. The Bertz CT molecular complexity index is 317. The molecule has 0 bridgehead atoms. The summed E-state index contributed by atoms with van der Waals surface area (Å²) in [6, 6.07) is 6.11. The molecule has 0 aliphatic carbocycles. The molecule has 15 heavy (non-hydrogen) atoms. The number of halogens is 1. The van der Waals surface area contributed by atoms with Crippen molar-refractivity contribution in [1.29, 1.82) is 0 Å². The van der Waals surface area contributed by atoms with Gasteiger partial charge in [0.05, 0.1) is 11.6 Å². The van der Waals surface area contributed by atoms with Gasteiger partial charge in [-0.2, -0.15) is 0 Å². The largest absolute Gasteiger partial charge is 0.496 e. The Morgan fingerprint density at radius 2 is 2.27 bits per heavy atom. The molecular weight excluding hydrogens is 258 g/mol. The summed E-state index contributed by atoms with van der Waals surface area (Å²) in [6.07, 6.45) is 0.704. The van der Waals surface area contributed by atoms with Crippen molar-refractivity contribution in [2.75, 3.05) is 20.8 Å². The predicted octanol–water partition coefficient (Wildman–Crippen LogP) is 2.10. The van der Waals surface area contributed by atoms with Crippen LogP contribution in [0.4, 0.5) is 0 Å². The number of ether oxygens (including phenoxy) is 1. The third-order valence-electron chi connectivity index (χ3n) is 2.34. The van der Waals surface area contributed by atoms with Crippen LogP contribution in [-0.2, 0) is 0 Å². The fourth-order valence-electron chi connectivity index (χ4n) is 1.51. The van der Waals surface area contributed by atoms with E-state index in [-0.39, 0.29) is 12.6 Å². The lowest BCUT2D eigenvalue weighted by atomic mass is 10.0. The molecule has 1 rings (SSSR count). The van der Waals surface area contributed by atoms with Gasteiger partial charge in [0.15, 0.2) is 0 Å². The van der Waals surface area contributed by atoms with Gasteiger partial charge in [0, 0.05) is 12.6 Å². The van der Waals surface area contributed by atoms with Crippen LogP contribution < -0.4 is 10.1 Å². The number of rotatable bonds is 5. The summed E-state index contributed by atoms with van der Waals surface area (Å²) in [5, 5.41) is 12.1. The topological polar surface area (TPSA) is 41.5 Å². The third-order valence-corrected chi connectivity index (χ3v) is 2.96. The number of hydrogen-bond donors (Lipinski definition) is 2. The highest BCUT2D eigenvalue weighted by atomic mass is 79.9. The minimum Gasteiger partial charge on any atom is -0.496 e. The third kappa shape index (κ3) is 3.19. The minimum absolute atomic E-state index is 0.176. The van der Waals surface area contributed by atoms with Crippen molar-refractivity contribution in [3.05, 3.63) is 28.2 Å². The van der Waals surface area contributed by atoms with Crippen LogP contribution in [0.2, 0.25) is 0 Å². The first-order valence-electron chi connectivity index (χ1n) is 4.84. The van der Waals surface area contributed by atoms with Crippen LogP contribution in [0, 0.1) is 0 Å².